The first kappa shape index (κ1) is 12.8. The Morgan fingerprint density at radius 1 is 1.37 bits per heavy atom. The topological polar surface area (TPSA) is 73.5 Å². The largest absolute Gasteiger partial charge is 0.514 e. The van der Waals surface area contributed by atoms with E-state index in [9.17, 15) is 4.79 Å². The molecule has 2 aromatic rings. The molecule has 0 unspecified atom stereocenters. The van der Waals surface area contributed by atoms with Crippen molar-refractivity contribution >= 4 is 17.1 Å². The van der Waals surface area contributed by atoms with Crippen LogP contribution in [0.25, 0.3) is 10.9 Å². The highest BCUT2D eigenvalue weighted by atomic mass is 16.7. The quantitative estimate of drug-likeness (QED) is 0.792. The van der Waals surface area contributed by atoms with Crippen LogP contribution in [-0.4, -0.2) is 24.9 Å². The van der Waals surface area contributed by atoms with Crippen molar-refractivity contribution in [2.45, 2.75) is 6.54 Å². The number of carbonyl (C=O) groups excluding carboxylic acids is 1. The van der Waals surface area contributed by atoms with Gasteiger partial charge in [0, 0.05) is 17.5 Å². The average molecular weight is 260 g/mol. The molecule has 1 aromatic carbocycles. The molecule has 0 aliphatic rings. The number of carbonyl (C=O) groups is 1. The first-order valence-electron chi connectivity index (χ1n) is 5.49. The molecule has 0 atom stereocenters. The van der Waals surface area contributed by atoms with E-state index in [-0.39, 0.29) is 12.4 Å². The summed E-state index contributed by atoms with van der Waals surface area (Å²) in [6.45, 7) is 0.0585. The van der Waals surface area contributed by atoms with E-state index >= 15 is 0 Å². The van der Waals surface area contributed by atoms with Crippen molar-refractivity contribution in [2.75, 3.05) is 14.2 Å². The van der Waals surface area contributed by atoms with E-state index in [0.29, 0.717) is 5.75 Å². The minimum Gasteiger partial charge on any atom is -0.497 e. The Labute approximate surface area is 109 Å². The summed E-state index contributed by atoms with van der Waals surface area (Å²) in [7, 11) is 2.78. The van der Waals surface area contributed by atoms with Gasteiger partial charge in [-0.2, -0.15) is 5.26 Å². The predicted molar refractivity (Wildman–Crippen MR) is 67.1 cm³/mol. The summed E-state index contributed by atoms with van der Waals surface area (Å²) in [4.78, 5) is 11.2. The van der Waals surface area contributed by atoms with Crippen molar-refractivity contribution in [3.8, 4) is 17.7 Å². The van der Waals surface area contributed by atoms with Crippen molar-refractivity contribution in [1.82, 2.24) is 4.57 Å². The monoisotopic (exact) mass is 260 g/mol. The summed E-state index contributed by atoms with van der Waals surface area (Å²) in [6, 6.07) is 9.08. The number of nitrogens with zero attached hydrogens (tertiary/aromatic N) is 2. The van der Waals surface area contributed by atoms with Crippen LogP contribution >= 0.6 is 0 Å². The predicted octanol–water partition coefficient (Wildman–Crippen LogP) is 2.32. The number of rotatable bonds is 3. The van der Waals surface area contributed by atoms with E-state index in [0.717, 1.165) is 10.9 Å². The van der Waals surface area contributed by atoms with Crippen LogP contribution in [0.15, 0.2) is 24.3 Å². The van der Waals surface area contributed by atoms with Gasteiger partial charge in [0.15, 0.2) is 0 Å². The fourth-order valence-electron chi connectivity index (χ4n) is 1.78. The first-order valence-corrected chi connectivity index (χ1v) is 5.49. The lowest BCUT2D eigenvalue weighted by molar-refractivity contribution is 0.118. The van der Waals surface area contributed by atoms with Gasteiger partial charge in [0.25, 0.3) is 0 Å². The Morgan fingerprint density at radius 2 is 2.16 bits per heavy atom. The molecule has 0 amide bonds. The van der Waals surface area contributed by atoms with Gasteiger partial charge in [0.2, 0.25) is 5.88 Å². The Kier molecular flexibility index (Phi) is 3.57. The van der Waals surface area contributed by atoms with E-state index in [1.807, 2.05) is 12.1 Å². The molecule has 0 N–H and O–H groups in total. The van der Waals surface area contributed by atoms with E-state index in [2.05, 4.69) is 4.74 Å². The molecule has 0 aliphatic heterocycles. The number of fused-ring (bicyclic) bond motifs is 1. The third-order valence-corrected chi connectivity index (χ3v) is 2.66. The number of nitriles is 1. The molecule has 0 radical (unpaired) electrons. The number of hydrogen-bond donors (Lipinski definition) is 0. The van der Waals surface area contributed by atoms with Gasteiger partial charge in [-0.3, -0.25) is 4.57 Å². The van der Waals surface area contributed by atoms with E-state index in [1.165, 1.54) is 7.11 Å². The Hall–Kier alpha value is -2.68. The summed E-state index contributed by atoms with van der Waals surface area (Å²) >= 11 is 0. The number of aromatic nitrogens is 1. The molecule has 1 heterocycles. The van der Waals surface area contributed by atoms with Crippen LogP contribution in [0.5, 0.6) is 11.6 Å². The summed E-state index contributed by atoms with van der Waals surface area (Å²) in [5.74, 6) is 0.922. The van der Waals surface area contributed by atoms with Crippen LogP contribution in [0, 0.1) is 11.3 Å². The third-order valence-electron chi connectivity index (χ3n) is 2.66. The summed E-state index contributed by atoms with van der Waals surface area (Å²) in [6.07, 6.45) is -0.825. The number of hydrogen-bond acceptors (Lipinski definition) is 5. The van der Waals surface area contributed by atoms with Crippen LogP contribution in [0.1, 0.15) is 0 Å². The lowest BCUT2D eigenvalue weighted by Gasteiger charge is -2.06. The molecule has 0 bridgehead atoms. The fraction of sp³-hybridized carbons (Fsp3) is 0.231. The molecule has 6 nitrogen and oxygen atoms in total. The molecule has 0 spiro atoms. The zero-order valence-corrected chi connectivity index (χ0v) is 10.5. The minimum atomic E-state index is -0.825. The Balaban J connectivity index is 2.54. The molecule has 1 aromatic heterocycles. The van der Waals surface area contributed by atoms with E-state index in [4.69, 9.17) is 14.7 Å². The first-order chi connectivity index (χ1) is 9.19. The van der Waals surface area contributed by atoms with Crippen molar-refractivity contribution in [1.29, 1.82) is 5.26 Å². The molecule has 0 saturated carbocycles. The molecule has 6 heteroatoms. The van der Waals surface area contributed by atoms with Gasteiger partial charge in [-0.25, -0.2) is 4.79 Å². The van der Waals surface area contributed by atoms with Crippen LogP contribution in [0.3, 0.4) is 0 Å². The number of methoxy groups -OCH3 is 2. The van der Waals surface area contributed by atoms with Crippen LogP contribution in [0.2, 0.25) is 0 Å². The number of benzene rings is 1. The molecule has 98 valence electrons. The minimum absolute atomic E-state index is 0.0585. The molecule has 19 heavy (non-hydrogen) atoms. The Morgan fingerprint density at radius 3 is 2.79 bits per heavy atom. The second-order valence-corrected chi connectivity index (χ2v) is 3.71. The van der Waals surface area contributed by atoms with Gasteiger partial charge in [0.05, 0.1) is 25.8 Å². The van der Waals surface area contributed by atoms with Gasteiger partial charge < -0.3 is 14.2 Å². The lowest BCUT2D eigenvalue weighted by Crippen LogP contribution is -2.10. The van der Waals surface area contributed by atoms with Gasteiger partial charge in [-0.1, -0.05) is 0 Å². The molecular weight excluding hydrogens is 248 g/mol. The maximum atomic E-state index is 11.2. The van der Waals surface area contributed by atoms with Crippen molar-refractivity contribution in [2.24, 2.45) is 0 Å². The van der Waals surface area contributed by atoms with Crippen LogP contribution in [0.4, 0.5) is 4.79 Å². The summed E-state index contributed by atoms with van der Waals surface area (Å²) in [5.41, 5.74) is 0.750. The average Bonchev–Trinajstić information content (AvgIpc) is 2.76. The maximum Gasteiger partial charge on any atom is 0.514 e. The van der Waals surface area contributed by atoms with E-state index < -0.39 is 6.16 Å². The van der Waals surface area contributed by atoms with Crippen molar-refractivity contribution < 1.29 is 19.0 Å². The normalized spacial score (nSPS) is 9.95. The molecular formula is C13H12N2O4. The zero-order chi connectivity index (χ0) is 13.8. The molecule has 0 saturated heterocycles. The smallest absolute Gasteiger partial charge is 0.497 e. The second-order valence-electron chi connectivity index (χ2n) is 3.71. The summed E-state index contributed by atoms with van der Waals surface area (Å²) in [5, 5.41) is 9.71. The lowest BCUT2D eigenvalue weighted by atomic mass is 10.2. The summed E-state index contributed by atoms with van der Waals surface area (Å²) < 4.78 is 16.2. The number of ether oxygens (including phenoxy) is 3. The Bertz CT molecular complexity index is 654. The van der Waals surface area contributed by atoms with Crippen LogP contribution < -0.4 is 9.47 Å². The highest BCUT2D eigenvalue weighted by Crippen LogP contribution is 2.28. The van der Waals surface area contributed by atoms with Crippen molar-refractivity contribution in [3.05, 3.63) is 24.3 Å². The second kappa shape index (κ2) is 5.31. The third kappa shape index (κ3) is 2.45. The standard InChI is InChI=1S/C13H12N2O4/c1-17-10-4-3-9-7-12(19-13(16)18-2)15(6-5-14)11(9)8-10/h3-4,7-8H,6H2,1-2H3. The molecule has 0 fully saturated rings. The van der Waals surface area contributed by atoms with Gasteiger partial charge in [-0.05, 0) is 12.1 Å². The van der Waals surface area contributed by atoms with Gasteiger partial charge in [-0.15, -0.1) is 0 Å². The molecule has 0 aliphatic carbocycles. The zero-order valence-electron chi connectivity index (χ0n) is 10.5. The van der Waals surface area contributed by atoms with Crippen LogP contribution in [-0.2, 0) is 11.3 Å². The highest BCUT2D eigenvalue weighted by molar-refractivity contribution is 5.84. The van der Waals surface area contributed by atoms with Gasteiger partial charge in [0.1, 0.15) is 12.3 Å². The fourth-order valence-corrected chi connectivity index (χ4v) is 1.78. The SMILES string of the molecule is COC(=O)Oc1cc2ccc(OC)cc2n1CC#N. The van der Waals surface area contributed by atoms with E-state index in [1.54, 1.807) is 29.9 Å². The highest BCUT2D eigenvalue weighted by Gasteiger charge is 2.14. The maximum absolute atomic E-state index is 11.2. The van der Waals surface area contributed by atoms with Gasteiger partial charge >= 0.3 is 6.16 Å². The molecule has 2 rings (SSSR count). The van der Waals surface area contributed by atoms with Crippen molar-refractivity contribution in [3.63, 3.8) is 0 Å².